The van der Waals surface area contributed by atoms with E-state index in [0.717, 1.165) is 26.4 Å². The highest BCUT2D eigenvalue weighted by molar-refractivity contribution is 9.11. The molecule has 9 aromatic heterocycles. The van der Waals surface area contributed by atoms with Crippen molar-refractivity contribution >= 4 is 138 Å². The Labute approximate surface area is 420 Å². The van der Waals surface area contributed by atoms with E-state index in [1.165, 1.54) is 73.8 Å². The molecular weight excluding hydrogens is 1090 g/mol. The van der Waals surface area contributed by atoms with Crippen LogP contribution < -0.4 is 0 Å². The summed E-state index contributed by atoms with van der Waals surface area (Å²) in [5, 5.41) is 42.4. The molecule has 0 radical (unpaired) electrons. The number of ether oxygens (including phenoxy) is 2. The first-order chi connectivity index (χ1) is 31.4. The molecule has 0 atom stereocenters. The van der Waals surface area contributed by atoms with Crippen molar-refractivity contribution in [3.8, 4) is 32.3 Å². The van der Waals surface area contributed by atoms with E-state index >= 15 is 0 Å². The molecule has 0 saturated heterocycles. The summed E-state index contributed by atoms with van der Waals surface area (Å²) < 4.78 is 28.4. The van der Waals surface area contributed by atoms with Crippen LogP contribution in [0.4, 0.5) is 0 Å². The lowest BCUT2D eigenvalue weighted by Crippen LogP contribution is -2.24. The van der Waals surface area contributed by atoms with Gasteiger partial charge in [0.1, 0.15) is 11.2 Å². The van der Waals surface area contributed by atoms with Gasteiger partial charge in [0.2, 0.25) is 0 Å². The lowest BCUT2D eigenvalue weighted by Gasteiger charge is -2.18. The Morgan fingerprint density at radius 2 is 1.08 bits per heavy atom. The van der Waals surface area contributed by atoms with E-state index < -0.39 is 23.1 Å². The van der Waals surface area contributed by atoms with Crippen LogP contribution >= 0.6 is 120 Å². The normalized spacial score (nSPS) is 11.1. The number of hydrogen-bond acceptors (Lipinski definition) is 25. The zero-order valence-electron chi connectivity index (χ0n) is 34.8. The van der Waals surface area contributed by atoms with Crippen molar-refractivity contribution in [1.29, 1.82) is 0 Å². The van der Waals surface area contributed by atoms with Crippen LogP contribution in [0, 0.1) is 4.84 Å². The number of thiophene rings is 3. The standard InChI is InChI=1S/C14H13N3O3S3.C10H5N3O3S3.C8H10BrNO2S.C6H4N2OS2/c1-14(2,3)20-11(18)8-7-22-13(15-8)23-12-17-16-10(19-12)9-5-4-6-21-9;14-8(15)5-4-18-10(11-5)19-9-13-12-7(16-9)6-2-1-3-17-6;1-8(2,3)12-6(11)5-4-13-7(9)10-5;10-6-8-7-5(9-6)4-2-1-3-11-4/h4-7H,1-3H3;1-4H,(H,14,15);4H,1-3H3;1-3H,(H,8,10). The van der Waals surface area contributed by atoms with Gasteiger partial charge in [0.15, 0.2) is 29.7 Å². The van der Waals surface area contributed by atoms with Gasteiger partial charge in [-0.2, -0.15) is 0 Å². The fourth-order valence-corrected chi connectivity index (χ4v) is 10.4. The molecule has 9 aromatic rings. The highest BCUT2D eigenvalue weighted by atomic mass is 79.9. The Morgan fingerprint density at radius 1 is 0.636 bits per heavy atom. The van der Waals surface area contributed by atoms with Gasteiger partial charge >= 0.3 is 17.9 Å². The molecule has 9 rings (SSSR count). The Balaban J connectivity index is 0.000000151. The van der Waals surface area contributed by atoms with E-state index in [1.54, 1.807) is 22.1 Å². The Bertz CT molecular complexity index is 2990. The molecule has 0 fully saturated rings. The SMILES string of the molecule is CC(C)(C)OC(=O)c1csc(Br)n1.CC(C)(C)OC(=O)c1csc(Sc2nnc(-c3cccs3)o2)n1.O=C(O)c1csc(Sc2nnc(-c3cccs3)o2)n1.S=c1[nH]nc(-c2cccs2)o1. The molecule has 9 heterocycles. The van der Waals surface area contributed by atoms with Gasteiger partial charge in [0.05, 0.1) is 14.6 Å². The molecule has 0 aliphatic heterocycles. The number of esters is 2. The van der Waals surface area contributed by atoms with Crippen LogP contribution in [-0.2, 0) is 9.47 Å². The first-order valence-electron chi connectivity index (χ1n) is 18.3. The Kier molecular flexibility index (Phi) is 17.9. The minimum atomic E-state index is -1.05. The number of aromatic nitrogens is 9. The number of nitrogens with zero attached hydrogens (tertiary/aromatic N) is 8. The second-order valence-electron chi connectivity index (χ2n) is 14.1. The van der Waals surface area contributed by atoms with Crippen LogP contribution in [0.5, 0.6) is 0 Å². The summed E-state index contributed by atoms with van der Waals surface area (Å²) >= 11 is 18.8. The van der Waals surface area contributed by atoms with Gasteiger partial charge in [-0.3, -0.25) is 0 Å². The average Bonchev–Trinajstić information content (AvgIpc) is 4.09. The van der Waals surface area contributed by atoms with Crippen molar-refractivity contribution in [3.05, 3.63) is 94.5 Å². The van der Waals surface area contributed by atoms with Crippen molar-refractivity contribution in [1.82, 2.24) is 45.5 Å². The minimum Gasteiger partial charge on any atom is -0.476 e. The highest BCUT2D eigenvalue weighted by Crippen LogP contribution is 2.34. The van der Waals surface area contributed by atoms with Gasteiger partial charge in [0.25, 0.3) is 33.0 Å². The van der Waals surface area contributed by atoms with Gasteiger partial charge in [-0.15, -0.1) is 93.5 Å². The fraction of sp³-hybridized carbons (Fsp3) is 0.211. The summed E-state index contributed by atoms with van der Waals surface area (Å²) in [6, 6.07) is 11.5. The topological polar surface area (TPSA) is 248 Å². The molecule has 0 aliphatic rings. The average molecular weight is 1130 g/mol. The van der Waals surface area contributed by atoms with E-state index in [0.29, 0.717) is 51.2 Å². The molecule has 66 heavy (non-hydrogen) atoms. The number of carbonyl (C=O) groups is 3. The number of H-pyrrole nitrogens is 1. The number of rotatable bonds is 10. The third kappa shape index (κ3) is 15.9. The van der Waals surface area contributed by atoms with Gasteiger partial charge < -0.3 is 27.8 Å². The molecule has 28 heteroatoms. The maximum Gasteiger partial charge on any atom is 0.358 e. The molecular formula is C38H32BrN9O9S9. The number of halogens is 1. The van der Waals surface area contributed by atoms with Crippen LogP contribution in [-0.4, -0.2) is 79.8 Å². The zero-order valence-corrected chi connectivity index (χ0v) is 43.7. The van der Waals surface area contributed by atoms with Crippen molar-refractivity contribution in [2.24, 2.45) is 0 Å². The first kappa shape index (κ1) is 50.6. The third-order valence-electron chi connectivity index (χ3n) is 6.67. The number of nitrogens with one attached hydrogen (secondary N) is 1. The number of carboxylic acid groups (broad SMARTS) is 1. The van der Waals surface area contributed by atoms with Gasteiger partial charge in [-0.25, -0.2) is 34.4 Å². The lowest BCUT2D eigenvalue weighted by atomic mass is 10.2. The van der Waals surface area contributed by atoms with Crippen LogP contribution in [0.25, 0.3) is 32.3 Å². The third-order valence-corrected chi connectivity index (χ3v) is 14.3. The second-order valence-corrected chi connectivity index (χ2v) is 23.6. The monoisotopic (exact) mass is 1120 g/mol. The largest absolute Gasteiger partial charge is 0.476 e. The Morgan fingerprint density at radius 3 is 1.45 bits per heavy atom. The van der Waals surface area contributed by atoms with E-state index in [-0.39, 0.29) is 17.4 Å². The molecule has 0 spiro atoms. The molecule has 0 amide bonds. The minimum absolute atomic E-state index is 0.0190. The quantitative estimate of drug-likeness (QED) is 0.0954. The summed E-state index contributed by atoms with van der Waals surface area (Å²) in [6.45, 7) is 10.9. The summed E-state index contributed by atoms with van der Waals surface area (Å²) in [5.41, 5.74) is -0.355. The molecule has 2 N–H and O–H groups in total. The van der Waals surface area contributed by atoms with E-state index in [2.05, 4.69) is 61.5 Å². The van der Waals surface area contributed by atoms with Gasteiger partial charge in [0, 0.05) is 39.7 Å². The van der Waals surface area contributed by atoms with E-state index in [9.17, 15) is 14.4 Å². The van der Waals surface area contributed by atoms with Crippen LogP contribution in [0.15, 0.2) is 105 Å². The number of carbonyl (C=O) groups excluding carboxylic acids is 2. The van der Waals surface area contributed by atoms with Gasteiger partial charge in [-0.1, -0.05) is 18.2 Å². The van der Waals surface area contributed by atoms with Crippen molar-refractivity contribution in [3.63, 3.8) is 0 Å². The predicted molar refractivity (Wildman–Crippen MR) is 260 cm³/mol. The van der Waals surface area contributed by atoms with E-state index in [1.807, 2.05) is 94.1 Å². The summed E-state index contributed by atoms with van der Waals surface area (Å²) in [7, 11) is 0. The highest BCUT2D eigenvalue weighted by Gasteiger charge is 2.22. The predicted octanol–water partition coefficient (Wildman–Crippen LogP) is 12.8. The number of hydrogen-bond donors (Lipinski definition) is 2. The summed E-state index contributed by atoms with van der Waals surface area (Å²) in [5.74, 6) is -0.378. The van der Waals surface area contributed by atoms with Crippen molar-refractivity contribution in [2.45, 2.75) is 71.9 Å². The summed E-state index contributed by atoms with van der Waals surface area (Å²) in [6.07, 6.45) is 0. The van der Waals surface area contributed by atoms with Crippen molar-refractivity contribution in [2.75, 3.05) is 0 Å². The second kappa shape index (κ2) is 23.3. The van der Waals surface area contributed by atoms with Crippen LogP contribution in [0.2, 0.25) is 0 Å². The van der Waals surface area contributed by atoms with Crippen molar-refractivity contribution < 1.29 is 42.2 Å². The van der Waals surface area contributed by atoms with Gasteiger partial charge in [-0.05, 0) is 104 Å². The fourth-order valence-electron chi connectivity index (χ4n) is 4.19. The van der Waals surface area contributed by atoms with Crippen LogP contribution in [0.3, 0.4) is 0 Å². The molecule has 0 unspecified atom stereocenters. The summed E-state index contributed by atoms with van der Waals surface area (Å²) in [4.78, 5) is 49.3. The zero-order chi connectivity index (χ0) is 47.4. The maximum absolute atomic E-state index is 11.9. The Hall–Kier alpha value is -4.78. The van der Waals surface area contributed by atoms with Crippen LogP contribution in [0.1, 0.15) is 73.0 Å². The number of carboxylic acids is 1. The lowest BCUT2D eigenvalue weighted by molar-refractivity contribution is 0.00510. The number of thiazole rings is 3. The molecule has 0 aliphatic carbocycles. The van der Waals surface area contributed by atoms with E-state index in [4.69, 9.17) is 40.0 Å². The molecule has 0 saturated carbocycles. The molecule has 0 aromatic carbocycles. The first-order valence-corrected chi connectivity index (χ1v) is 26.4. The smallest absolute Gasteiger partial charge is 0.358 e. The number of aromatic carboxylic acids is 1. The molecule has 0 bridgehead atoms. The maximum atomic E-state index is 11.9. The number of aromatic amines is 1. The molecule has 18 nitrogen and oxygen atoms in total. The molecule has 344 valence electrons.